The zero-order chi connectivity index (χ0) is 19.4. The Bertz CT molecular complexity index is 695. The van der Waals surface area contributed by atoms with Crippen molar-refractivity contribution >= 4 is 17.8 Å². The Balaban J connectivity index is 1.40. The highest BCUT2D eigenvalue weighted by atomic mass is 16.6. The largest absolute Gasteiger partial charge is 0.446 e. The number of carbonyl (C=O) groups excluding carboxylic acids is 2. The molecule has 0 bridgehead atoms. The van der Waals surface area contributed by atoms with Crippen LogP contribution in [0.1, 0.15) is 52.2 Å². The summed E-state index contributed by atoms with van der Waals surface area (Å²) < 4.78 is 10.5. The van der Waals surface area contributed by atoms with E-state index in [9.17, 15) is 9.59 Å². The van der Waals surface area contributed by atoms with Gasteiger partial charge in [-0.1, -0.05) is 5.16 Å². The molecular weight excluding hydrogens is 350 g/mol. The number of nitrogens with one attached hydrogen (secondary N) is 3. The Morgan fingerprint density at radius 3 is 2.89 bits per heavy atom. The van der Waals surface area contributed by atoms with Crippen LogP contribution in [0.2, 0.25) is 0 Å². The summed E-state index contributed by atoms with van der Waals surface area (Å²) in [5.41, 5.74) is 2.80. The number of nitrogens with zero attached hydrogens (tertiary/aromatic N) is 2. The molecule has 2 amide bonds. The van der Waals surface area contributed by atoms with Gasteiger partial charge in [0.1, 0.15) is 17.7 Å². The number of carbonyl (C=O) groups is 2. The van der Waals surface area contributed by atoms with Gasteiger partial charge < -0.3 is 25.3 Å². The summed E-state index contributed by atoms with van der Waals surface area (Å²) in [6, 6.07) is 1.80. The van der Waals surface area contributed by atoms with Gasteiger partial charge in [-0.25, -0.2) is 4.79 Å². The van der Waals surface area contributed by atoms with Crippen LogP contribution in [-0.2, 0) is 16.0 Å². The van der Waals surface area contributed by atoms with Crippen molar-refractivity contribution in [3.8, 4) is 0 Å². The molecule has 9 nitrogen and oxygen atoms in total. The van der Waals surface area contributed by atoms with Crippen LogP contribution in [0.3, 0.4) is 0 Å². The van der Waals surface area contributed by atoms with Gasteiger partial charge in [0.15, 0.2) is 0 Å². The summed E-state index contributed by atoms with van der Waals surface area (Å²) in [4.78, 5) is 23.9. The van der Waals surface area contributed by atoms with Crippen molar-refractivity contribution in [3.63, 3.8) is 0 Å². The average molecular weight is 377 g/mol. The third kappa shape index (κ3) is 5.70. The first kappa shape index (κ1) is 19.2. The summed E-state index contributed by atoms with van der Waals surface area (Å²) in [5, 5.41) is 13.4. The molecule has 148 valence electrons. The van der Waals surface area contributed by atoms with Crippen molar-refractivity contribution in [1.29, 1.82) is 0 Å². The first-order valence-electron chi connectivity index (χ1n) is 9.29. The molecule has 27 heavy (non-hydrogen) atoms. The summed E-state index contributed by atoms with van der Waals surface area (Å²) in [6.45, 7) is 5.76. The molecule has 2 heterocycles. The van der Waals surface area contributed by atoms with E-state index in [1.165, 1.54) is 6.20 Å². The highest BCUT2D eigenvalue weighted by molar-refractivity contribution is 5.99. The minimum absolute atomic E-state index is 0.0794. The molecule has 3 rings (SSSR count). The lowest BCUT2D eigenvalue weighted by molar-refractivity contribution is -0.119. The third-order valence-corrected chi connectivity index (χ3v) is 4.63. The van der Waals surface area contributed by atoms with E-state index in [0.29, 0.717) is 23.9 Å². The maximum Gasteiger partial charge on any atom is 0.407 e. The number of amides is 2. The van der Waals surface area contributed by atoms with Gasteiger partial charge in [-0.2, -0.15) is 5.10 Å². The first-order valence-corrected chi connectivity index (χ1v) is 9.29. The Hall–Kier alpha value is -2.58. The number of rotatable bonds is 4. The number of hydrogen-bond acceptors (Lipinski definition) is 7. The van der Waals surface area contributed by atoms with Crippen LogP contribution in [0.25, 0.3) is 0 Å². The Kier molecular flexibility index (Phi) is 5.67. The molecule has 0 aromatic carbocycles. The van der Waals surface area contributed by atoms with Crippen molar-refractivity contribution in [2.45, 2.75) is 70.6 Å². The molecule has 2 aliphatic rings. The molecule has 0 spiro atoms. The fourth-order valence-corrected chi connectivity index (χ4v) is 3.44. The topological polar surface area (TPSA) is 118 Å². The van der Waals surface area contributed by atoms with Gasteiger partial charge in [-0.15, -0.1) is 0 Å². The van der Waals surface area contributed by atoms with E-state index < -0.39 is 0 Å². The number of amidine groups is 1. The molecule has 1 aromatic rings. The number of hydrogen-bond donors (Lipinski definition) is 3. The van der Waals surface area contributed by atoms with E-state index in [1.54, 1.807) is 6.07 Å². The van der Waals surface area contributed by atoms with Crippen LogP contribution in [0.5, 0.6) is 0 Å². The van der Waals surface area contributed by atoms with E-state index in [1.807, 2.05) is 20.8 Å². The van der Waals surface area contributed by atoms with E-state index in [0.717, 1.165) is 19.3 Å². The van der Waals surface area contributed by atoms with Crippen LogP contribution in [0.15, 0.2) is 21.9 Å². The second-order valence-electron chi connectivity index (χ2n) is 8.18. The molecule has 0 saturated heterocycles. The van der Waals surface area contributed by atoms with E-state index >= 15 is 0 Å². The summed E-state index contributed by atoms with van der Waals surface area (Å²) in [5.74, 6) is 1.31. The summed E-state index contributed by atoms with van der Waals surface area (Å²) in [7, 11) is 0. The molecule has 1 aliphatic heterocycles. The molecule has 1 fully saturated rings. The fourth-order valence-electron chi connectivity index (χ4n) is 3.44. The Morgan fingerprint density at radius 2 is 2.19 bits per heavy atom. The number of hydrazone groups is 1. The van der Waals surface area contributed by atoms with E-state index in [2.05, 4.69) is 26.3 Å². The van der Waals surface area contributed by atoms with Crippen LogP contribution >= 0.6 is 0 Å². The molecule has 9 heteroatoms. The number of alkyl carbamates (subject to hydrolysis) is 1. The lowest BCUT2D eigenvalue weighted by atomic mass is 9.96. The molecule has 0 radical (unpaired) electrons. The number of ether oxygens (including phenoxy) is 1. The second-order valence-corrected chi connectivity index (χ2v) is 8.18. The predicted octanol–water partition coefficient (Wildman–Crippen LogP) is 1.70. The maximum absolute atomic E-state index is 12.0. The van der Waals surface area contributed by atoms with Crippen LogP contribution in [0, 0.1) is 5.92 Å². The molecule has 1 aromatic heterocycles. The Morgan fingerprint density at radius 1 is 1.37 bits per heavy atom. The van der Waals surface area contributed by atoms with Gasteiger partial charge in [-0.3, -0.25) is 4.79 Å². The molecular formula is C18H27N5O4. The SMILES string of the molecule is CC(C)(C)NC(=O)O[C@@H]1CC[C@H](C2CC(NC(=O)Cc3ccno3)=NN2)C1. The maximum atomic E-state index is 12.0. The lowest BCUT2D eigenvalue weighted by Gasteiger charge is -2.22. The molecule has 1 saturated carbocycles. The Labute approximate surface area is 158 Å². The van der Waals surface area contributed by atoms with Gasteiger partial charge in [0.2, 0.25) is 5.91 Å². The van der Waals surface area contributed by atoms with Crippen LogP contribution < -0.4 is 16.1 Å². The van der Waals surface area contributed by atoms with Crippen molar-refractivity contribution in [1.82, 2.24) is 21.2 Å². The molecule has 3 N–H and O–H groups in total. The minimum atomic E-state index is -0.371. The third-order valence-electron chi connectivity index (χ3n) is 4.63. The fraction of sp³-hybridized carbons (Fsp3) is 0.667. The first-order chi connectivity index (χ1) is 12.8. The second kappa shape index (κ2) is 7.98. The van der Waals surface area contributed by atoms with Crippen molar-refractivity contribution in [2.24, 2.45) is 11.0 Å². The van der Waals surface area contributed by atoms with Crippen molar-refractivity contribution < 1.29 is 18.8 Å². The smallest absolute Gasteiger partial charge is 0.407 e. The van der Waals surface area contributed by atoms with Crippen molar-refractivity contribution in [2.75, 3.05) is 0 Å². The van der Waals surface area contributed by atoms with E-state index in [-0.39, 0.29) is 36.1 Å². The van der Waals surface area contributed by atoms with Crippen molar-refractivity contribution in [3.05, 3.63) is 18.0 Å². The summed E-state index contributed by atoms with van der Waals surface area (Å²) in [6.07, 6.45) is 4.43. The molecule has 3 atom stereocenters. The summed E-state index contributed by atoms with van der Waals surface area (Å²) >= 11 is 0. The normalized spacial score (nSPS) is 24.9. The zero-order valence-corrected chi connectivity index (χ0v) is 15.9. The minimum Gasteiger partial charge on any atom is -0.446 e. The highest BCUT2D eigenvalue weighted by Crippen LogP contribution is 2.32. The molecule has 1 aliphatic carbocycles. The van der Waals surface area contributed by atoms with Gasteiger partial charge in [0.05, 0.1) is 18.7 Å². The average Bonchev–Trinajstić information content (AvgIpc) is 3.26. The predicted molar refractivity (Wildman–Crippen MR) is 97.8 cm³/mol. The highest BCUT2D eigenvalue weighted by Gasteiger charge is 2.36. The molecule has 1 unspecified atom stereocenters. The van der Waals surface area contributed by atoms with Crippen LogP contribution in [-0.4, -0.2) is 40.7 Å². The van der Waals surface area contributed by atoms with Gasteiger partial charge in [-0.05, 0) is 46.0 Å². The van der Waals surface area contributed by atoms with Gasteiger partial charge in [0.25, 0.3) is 0 Å². The number of aromatic nitrogens is 1. The van der Waals surface area contributed by atoms with Gasteiger partial charge in [0, 0.05) is 18.0 Å². The lowest BCUT2D eigenvalue weighted by Crippen LogP contribution is -2.42. The van der Waals surface area contributed by atoms with Gasteiger partial charge >= 0.3 is 6.09 Å². The van der Waals surface area contributed by atoms with E-state index in [4.69, 9.17) is 9.26 Å². The zero-order valence-electron chi connectivity index (χ0n) is 15.9. The standard InChI is InChI=1S/C18H27N5O4/c1-18(2,3)21-17(25)26-12-5-4-11(8-12)14-10-15(23-22-14)20-16(24)9-13-6-7-19-27-13/h6-7,11-12,14,22H,4-5,8-10H2,1-3H3,(H,21,25)(H,20,23,24)/t11-,12+,14?/m0/s1. The quantitative estimate of drug-likeness (QED) is 0.735. The monoisotopic (exact) mass is 377 g/mol. The van der Waals surface area contributed by atoms with Crippen LogP contribution in [0.4, 0.5) is 4.79 Å².